The van der Waals surface area contributed by atoms with Crippen molar-refractivity contribution in [1.82, 2.24) is 0 Å². The third-order valence-electron chi connectivity index (χ3n) is 3.97. The number of benzene rings is 3. The van der Waals surface area contributed by atoms with Gasteiger partial charge in [0, 0.05) is 5.02 Å². The minimum absolute atomic E-state index is 0.779. The van der Waals surface area contributed by atoms with E-state index < -0.39 is 0 Å². The fourth-order valence-corrected chi connectivity index (χ4v) is 3.19. The van der Waals surface area contributed by atoms with Crippen LogP contribution in [-0.4, -0.2) is 0 Å². The Kier molecular flexibility index (Phi) is 2.64. The van der Waals surface area contributed by atoms with E-state index in [-0.39, 0.29) is 0 Å². The van der Waals surface area contributed by atoms with Gasteiger partial charge in [-0.15, -0.1) is 0 Å². The molecule has 0 spiro atoms. The van der Waals surface area contributed by atoms with Crippen molar-refractivity contribution in [2.24, 2.45) is 0 Å². The standard InChI is InChI=1S/C19H13Cl/c20-16-10-8-13(9-11-16)17-7-3-5-15-12-14-4-1-2-6-18(14)19(15)17/h1-11H,12H2. The van der Waals surface area contributed by atoms with Gasteiger partial charge in [0.1, 0.15) is 0 Å². The van der Waals surface area contributed by atoms with Gasteiger partial charge in [-0.05, 0) is 51.9 Å². The van der Waals surface area contributed by atoms with Gasteiger partial charge >= 0.3 is 0 Å². The average molecular weight is 277 g/mol. The second kappa shape index (κ2) is 4.50. The average Bonchev–Trinajstić information content (AvgIpc) is 2.86. The van der Waals surface area contributed by atoms with Crippen molar-refractivity contribution in [3.8, 4) is 22.3 Å². The maximum atomic E-state index is 6.00. The van der Waals surface area contributed by atoms with Crippen LogP contribution >= 0.6 is 11.6 Å². The summed E-state index contributed by atoms with van der Waals surface area (Å²) in [6.45, 7) is 0. The van der Waals surface area contributed by atoms with Gasteiger partial charge in [-0.1, -0.05) is 66.2 Å². The third kappa shape index (κ3) is 1.76. The first-order chi connectivity index (χ1) is 9.83. The van der Waals surface area contributed by atoms with E-state index >= 15 is 0 Å². The third-order valence-corrected chi connectivity index (χ3v) is 4.23. The quantitative estimate of drug-likeness (QED) is 0.426. The Bertz CT molecular complexity index is 785. The van der Waals surface area contributed by atoms with Crippen LogP contribution < -0.4 is 0 Å². The SMILES string of the molecule is Clc1ccc(-c2cccc3c2-c2ccccc2C3)cc1. The van der Waals surface area contributed by atoms with Gasteiger partial charge in [-0.25, -0.2) is 0 Å². The first-order valence-corrected chi connectivity index (χ1v) is 7.17. The van der Waals surface area contributed by atoms with Crippen LogP contribution in [0, 0.1) is 0 Å². The van der Waals surface area contributed by atoms with E-state index in [0.717, 1.165) is 11.4 Å². The highest BCUT2D eigenvalue weighted by atomic mass is 35.5. The minimum Gasteiger partial charge on any atom is -0.0843 e. The molecule has 0 N–H and O–H groups in total. The second-order valence-electron chi connectivity index (χ2n) is 5.18. The molecule has 0 saturated carbocycles. The summed E-state index contributed by atoms with van der Waals surface area (Å²) in [5.41, 5.74) is 8.10. The van der Waals surface area contributed by atoms with Gasteiger partial charge in [-0.3, -0.25) is 0 Å². The molecule has 0 aliphatic heterocycles. The molecule has 0 radical (unpaired) electrons. The molecule has 96 valence electrons. The first kappa shape index (κ1) is 11.7. The minimum atomic E-state index is 0.779. The van der Waals surface area contributed by atoms with Gasteiger partial charge in [0.15, 0.2) is 0 Å². The molecule has 1 aliphatic rings. The molecule has 1 aliphatic carbocycles. The lowest BCUT2D eigenvalue weighted by Gasteiger charge is -2.10. The zero-order valence-electron chi connectivity index (χ0n) is 10.9. The molecule has 0 unspecified atom stereocenters. The Morgan fingerprint density at radius 3 is 2.20 bits per heavy atom. The summed E-state index contributed by atoms with van der Waals surface area (Å²) >= 11 is 6.00. The van der Waals surface area contributed by atoms with E-state index in [1.54, 1.807) is 0 Å². The highest BCUT2D eigenvalue weighted by molar-refractivity contribution is 6.30. The molecular weight excluding hydrogens is 264 g/mol. The van der Waals surface area contributed by atoms with Crippen molar-refractivity contribution in [3.05, 3.63) is 82.9 Å². The van der Waals surface area contributed by atoms with E-state index in [1.807, 2.05) is 12.1 Å². The molecule has 0 aromatic heterocycles. The molecule has 0 atom stereocenters. The Labute approximate surface area is 123 Å². The molecule has 0 nitrogen and oxygen atoms in total. The van der Waals surface area contributed by atoms with E-state index in [1.165, 1.54) is 33.4 Å². The summed E-state index contributed by atoms with van der Waals surface area (Å²) in [5, 5.41) is 0.779. The van der Waals surface area contributed by atoms with Crippen LogP contribution in [0.25, 0.3) is 22.3 Å². The summed E-state index contributed by atoms with van der Waals surface area (Å²) in [6.07, 6.45) is 1.03. The number of halogens is 1. The summed E-state index contributed by atoms with van der Waals surface area (Å²) in [5.74, 6) is 0. The highest BCUT2D eigenvalue weighted by Crippen LogP contribution is 2.42. The summed E-state index contributed by atoms with van der Waals surface area (Å²) in [6, 6.07) is 23.4. The lowest BCUT2D eigenvalue weighted by molar-refractivity contribution is 1.26. The highest BCUT2D eigenvalue weighted by Gasteiger charge is 2.20. The molecule has 1 heteroatoms. The van der Waals surface area contributed by atoms with E-state index in [4.69, 9.17) is 11.6 Å². The van der Waals surface area contributed by atoms with Crippen LogP contribution in [-0.2, 0) is 6.42 Å². The molecule has 4 rings (SSSR count). The molecule has 20 heavy (non-hydrogen) atoms. The Morgan fingerprint density at radius 2 is 1.35 bits per heavy atom. The normalized spacial score (nSPS) is 12.1. The maximum Gasteiger partial charge on any atom is 0.0406 e. The predicted octanol–water partition coefficient (Wildman–Crippen LogP) is 5.58. The lowest BCUT2D eigenvalue weighted by atomic mass is 9.94. The summed E-state index contributed by atoms with van der Waals surface area (Å²) in [4.78, 5) is 0. The lowest BCUT2D eigenvalue weighted by Crippen LogP contribution is -1.85. The molecule has 3 aromatic rings. The summed E-state index contributed by atoms with van der Waals surface area (Å²) in [7, 11) is 0. The zero-order chi connectivity index (χ0) is 13.5. The van der Waals surface area contributed by atoms with Gasteiger partial charge < -0.3 is 0 Å². The largest absolute Gasteiger partial charge is 0.0843 e. The van der Waals surface area contributed by atoms with Crippen molar-refractivity contribution in [2.75, 3.05) is 0 Å². The molecule has 0 saturated heterocycles. The molecule has 0 heterocycles. The van der Waals surface area contributed by atoms with Gasteiger partial charge in [0.05, 0.1) is 0 Å². The smallest absolute Gasteiger partial charge is 0.0406 e. The number of hydrogen-bond acceptors (Lipinski definition) is 0. The van der Waals surface area contributed by atoms with Crippen LogP contribution in [0.4, 0.5) is 0 Å². The van der Waals surface area contributed by atoms with E-state index in [0.29, 0.717) is 0 Å². The van der Waals surface area contributed by atoms with Gasteiger partial charge in [-0.2, -0.15) is 0 Å². The molecule has 0 bridgehead atoms. The van der Waals surface area contributed by atoms with Crippen molar-refractivity contribution in [3.63, 3.8) is 0 Å². The fraction of sp³-hybridized carbons (Fsp3) is 0.0526. The molecular formula is C19H13Cl. The van der Waals surface area contributed by atoms with Crippen molar-refractivity contribution in [1.29, 1.82) is 0 Å². The van der Waals surface area contributed by atoms with Crippen LogP contribution in [0.1, 0.15) is 11.1 Å². The predicted molar refractivity (Wildman–Crippen MR) is 85.1 cm³/mol. The Balaban J connectivity index is 1.97. The number of hydrogen-bond donors (Lipinski definition) is 0. The molecule has 3 aromatic carbocycles. The van der Waals surface area contributed by atoms with Crippen molar-refractivity contribution < 1.29 is 0 Å². The first-order valence-electron chi connectivity index (χ1n) is 6.79. The Morgan fingerprint density at radius 1 is 0.650 bits per heavy atom. The Hall–Kier alpha value is -2.05. The van der Waals surface area contributed by atoms with E-state index in [9.17, 15) is 0 Å². The fourth-order valence-electron chi connectivity index (χ4n) is 3.06. The second-order valence-corrected chi connectivity index (χ2v) is 5.62. The maximum absolute atomic E-state index is 6.00. The number of rotatable bonds is 1. The van der Waals surface area contributed by atoms with Crippen LogP contribution in [0.15, 0.2) is 66.7 Å². The van der Waals surface area contributed by atoms with Gasteiger partial charge in [0.25, 0.3) is 0 Å². The van der Waals surface area contributed by atoms with Crippen LogP contribution in [0.3, 0.4) is 0 Å². The zero-order valence-corrected chi connectivity index (χ0v) is 11.7. The summed E-state index contributed by atoms with van der Waals surface area (Å²) < 4.78 is 0. The van der Waals surface area contributed by atoms with Crippen LogP contribution in [0.5, 0.6) is 0 Å². The van der Waals surface area contributed by atoms with Crippen molar-refractivity contribution >= 4 is 11.6 Å². The van der Waals surface area contributed by atoms with Crippen LogP contribution in [0.2, 0.25) is 5.02 Å². The van der Waals surface area contributed by atoms with Crippen molar-refractivity contribution in [2.45, 2.75) is 6.42 Å². The number of fused-ring (bicyclic) bond motifs is 3. The molecule has 0 amide bonds. The molecule has 0 fully saturated rings. The van der Waals surface area contributed by atoms with E-state index in [2.05, 4.69) is 54.6 Å². The monoisotopic (exact) mass is 276 g/mol. The van der Waals surface area contributed by atoms with Gasteiger partial charge in [0.2, 0.25) is 0 Å². The topological polar surface area (TPSA) is 0 Å².